The van der Waals surface area contributed by atoms with Gasteiger partial charge >= 0.3 is 0 Å². The molecule has 166 valence electrons. The summed E-state index contributed by atoms with van der Waals surface area (Å²) in [7, 11) is -3.79. The number of hydrogen-bond acceptors (Lipinski definition) is 7. The third-order valence-electron chi connectivity index (χ3n) is 4.50. The third-order valence-corrected chi connectivity index (χ3v) is 6.21. The molecule has 2 aliphatic heterocycles. The highest BCUT2D eigenvalue weighted by molar-refractivity contribution is 7.89. The Morgan fingerprint density at radius 2 is 1.90 bits per heavy atom. The molecule has 1 aromatic rings. The molecule has 10 nitrogen and oxygen atoms in total. The van der Waals surface area contributed by atoms with Gasteiger partial charge in [-0.05, 0) is 37.2 Å². The highest BCUT2D eigenvalue weighted by atomic mass is 32.2. The van der Waals surface area contributed by atoms with Gasteiger partial charge in [0.15, 0.2) is 16.6 Å². The molecule has 0 bridgehead atoms. The Balaban J connectivity index is 1.38. The first-order chi connectivity index (χ1) is 14.4. The molecule has 0 aromatic heterocycles. The van der Waals surface area contributed by atoms with Crippen molar-refractivity contribution in [2.45, 2.75) is 36.7 Å². The average molecular weight is 459 g/mol. The summed E-state index contributed by atoms with van der Waals surface area (Å²) < 4.78 is 43.8. The second kappa shape index (κ2) is 10.8. The van der Waals surface area contributed by atoms with Crippen LogP contribution in [0.3, 0.4) is 0 Å². The van der Waals surface area contributed by atoms with E-state index < -0.39 is 15.9 Å². The molecule has 0 spiro atoms. The van der Waals surface area contributed by atoms with Crippen molar-refractivity contribution in [3.8, 4) is 11.5 Å². The Morgan fingerprint density at radius 3 is 2.67 bits per heavy atom. The standard InChI is InChI=1S/C18H26N4O6S2/c23-17(21-22-18(29)19-12-13-3-1-8-26-13)6-7-20-30(24,25)14-4-5-15-16(11-14)28-10-2-9-27-15/h4-5,11,13,20H,1-3,6-10,12H2,(H,21,23)(H2,19,22,29)/t13-/m0/s1. The van der Waals surface area contributed by atoms with Crippen molar-refractivity contribution < 1.29 is 27.4 Å². The topological polar surface area (TPSA) is 127 Å². The quantitative estimate of drug-likeness (QED) is 0.334. The SMILES string of the molecule is O=C(CCNS(=O)(=O)c1ccc2c(c1)OCCCO2)NNC(=S)NC[C@@H]1CCCO1. The molecule has 0 radical (unpaired) electrons. The van der Waals surface area contributed by atoms with Gasteiger partial charge in [-0.25, -0.2) is 13.1 Å². The minimum atomic E-state index is -3.79. The summed E-state index contributed by atoms with van der Waals surface area (Å²) in [5.74, 6) is 0.500. The first kappa shape index (κ1) is 22.5. The van der Waals surface area contributed by atoms with Crippen molar-refractivity contribution in [3.63, 3.8) is 0 Å². The molecule has 0 saturated carbocycles. The zero-order chi connectivity index (χ0) is 21.4. The molecular formula is C18H26N4O6S2. The molecule has 1 saturated heterocycles. The maximum absolute atomic E-state index is 12.5. The number of sulfonamides is 1. The molecule has 30 heavy (non-hydrogen) atoms. The molecule has 3 rings (SSSR count). The molecule has 1 amide bonds. The van der Waals surface area contributed by atoms with E-state index in [1.54, 1.807) is 6.07 Å². The molecular weight excluding hydrogens is 432 g/mol. The Morgan fingerprint density at radius 1 is 1.10 bits per heavy atom. The van der Waals surface area contributed by atoms with E-state index >= 15 is 0 Å². The molecule has 2 heterocycles. The van der Waals surface area contributed by atoms with Crippen LogP contribution in [0.25, 0.3) is 0 Å². The van der Waals surface area contributed by atoms with Crippen molar-refractivity contribution in [3.05, 3.63) is 18.2 Å². The number of thiocarbonyl (C=S) groups is 1. The summed E-state index contributed by atoms with van der Waals surface area (Å²) in [5, 5.41) is 3.23. The Hall–Kier alpha value is -2.15. The van der Waals surface area contributed by atoms with Crippen molar-refractivity contribution in [2.75, 3.05) is 32.9 Å². The fourth-order valence-corrected chi connectivity index (χ4v) is 4.12. The van der Waals surface area contributed by atoms with E-state index in [1.165, 1.54) is 12.1 Å². The van der Waals surface area contributed by atoms with Crippen LogP contribution >= 0.6 is 12.2 Å². The van der Waals surface area contributed by atoms with Gasteiger partial charge in [-0.2, -0.15) is 0 Å². The van der Waals surface area contributed by atoms with E-state index in [0.29, 0.717) is 31.3 Å². The fraction of sp³-hybridized carbons (Fsp3) is 0.556. The number of carbonyl (C=O) groups is 1. The lowest BCUT2D eigenvalue weighted by molar-refractivity contribution is -0.121. The van der Waals surface area contributed by atoms with Crippen LogP contribution in [-0.2, 0) is 19.6 Å². The second-order valence-corrected chi connectivity index (χ2v) is 9.00. The summed E-state index contributed by atoms with van der Waals surface area (Å²) in [6, 6.07) is 4.43. The Bertz CT molecular complexity index is 858. The molecule has 4 N–H and O–H groups in total. The summed E-state index contributed by atoms with van der Waals surface area (Å²) in [4.78, 5) is 11.9. The van der Waals surface area contributed by atoms with E-state index in [0.717, 1.165) is 25.9 Å². The lowest BCUT2D eigenvalue weighted by atomic mass is 10.2. The normalized spacial score (nSPS) is 18.3. The zero-order valence-electron chi connectivity index (χ0n) is 16.4. The van der Waals surface area contributed by atoms with Crippen LogP contribution in [0.15, 0.2) is 23.1 Å². The third kappa shape index (κ3) is 6.69. The lowest BCUT2D eigenvalue weighted by Crippen LogP contribution is -2.48. The van der Waals surface area contributed by atoms with E-state index in [2.05, 4.69) is 20.9 Å². The molecule has 1 atom stereocenters. The van der Waals surface area contributed by atoms with Crippen LogP contribution in [0.1, 0.15) is 25.7 Å². The van der Waals surface area contributed by atoms with Crippen LogP contribution in [0.5, 0.6) is 11.5 Å². The number of rotatable bonds is 7. The number of hydrogen-bond donors (Lipinski definition) is 4. The maximum Gasteiger partial charge on any atom is 0.240 e. The van der Waals surface area contributed by atoms with E-state index in [1.807, 2.05) is 0 Å². The second-order valence-electron chi connectivity index (χ2n) is 6.83. The first-order valence-corrected chi connectivity index (χ1v) is 11.7. The summed E-state index contributed by atoms with van der Waals surface area (Å²) in [6.07, 6.45) is 2.80. The molecule has 0 aliphatic carbocycles. The van der Waals surface area contributed by atoms with E-state index in [4.69, 9.17) is 26.4 Å². The zero-order valence-corrected chi connectivity index (χ0v) is 18.1. The molecule has 1 aromatic carbocycles. The van der Waals surface area contributed by atoms with Crippen molar-refractivity contribution >= 4 is 33.3 Å². The van der Waals surface area contributed by atoms with Crippen molar-refractivity contribution in [2.24, 2.45) is 0 Å². The van der Waals surface area contributed by atoms with E-state index in [-0.39, 0.29) is 29.1 Å². The fourth-order valence-electron chi connectivity index (χ4n) is 2.94. The minimum Gasteiger partial charge on any atom is -0.490 e. The van der Waals surface area contributed by atoms with Gasteiger partial charge in [0, 0.05) is 38.6 Å². The van der Waals surface area contributed by atoms with Crippen LogP contribution in [0.4, 0.5) is 0 Å². The maximum atomic E-state index is 12.5. The smallest absolute Gasteiger partial charge is 0.240 e. The predicted octanol–water partition coefficient (Wildman–Crippen LogP) is 0.191. The van der Waals surface area contributed by atoms with E-state index in [9.17, 15) is 13.2 Å². The Labute approximate surface area is 181 Å². The number of carbonyl (C=O) groups excluding carboxylic acids is 1. The summed E-state index contributed by atoms with van der Waals surface area (Å²) in [6.45, 7) is 2.23. The highest BCUT2D eigenvalue weighted by Crippen LogP contribution is 2.31. The molecule has 2 aliphatic rings. The summed E-state index contributed by atoms with van der Waals surface area (Å²) >= 11 is 5.08. The number of benzene rings is 1. The highest BCUT2D eigenvalue weighted by Gasteiger charge is 2.19. The van der Waals surface area contributed by atoms with Crippen LogP contribution in [0.2, 0.25) is 0 Å². The van der Waals surface area contributed by atoms with Gasteiger partial charge in [-0.3, -0.25) is 15.6 Å². The van der Waals surface area contributed by atoms with Gasteiger partial charge in [-0.15, -0.1) is 0 Å². The average Bonchev–Trinajstić information content (AvgIpc) is 3.14. The van der Waals surface area contributed by atoms with Gasteiger partial charge in [0.25, 0.3) is 0 Å². The number of amides is 1. The number of ether oxygens (including phenoxy) is 3. The van der Waals surface area contributed by atoms with Crippen LogP contribution in [0, 0.1) is 0 Å². The van der Waals surface area contributed by atoms with Crippen molar-refractivity contribution in [1.29, 1.82) is 0 Å². The van der Waals surface area contributed by atoms with Gasteiger partial charge in [0.1, 0.15) is 0 Å². The number of hydrazine groups is 1. The predicted molar refractivity (Wildman–Crippen MR) is 113 cm³/mol. The monoisotopic (exact) mass is 458 g/mol. The number of nitrogens with one attached hydrogen (secondary N) is 4. The first-order valence-electron chi connectivity index (χ1n) is 9.77. The van der Waals surface area contributed by atoms with Gasteiger partial charge in [0.05, 0.1) is 24.2 Å². The lowest BCUT2D eigenvalue weighted by Gasteiger charge is -2.14. The van der Waals surface area contributed by atoms with Crippen LogP contribution in [-0.4, -0.2) is 58.5 Å². The molecule has 0 unspecified atom stereocenters. The minimum absolute atomic E-state index is 0.0461. The van der Waals surface area contributed by atoms with Gasteiger partial charge in [0.2, 0.25) is 15.9 Å². The number of fused-ring (bicyclic) bond motifs is 1. The Kier molecular flexibility index (Phi) is 8.08. The van der Waals surface area contributed by atoms with Gasteiger partial charge < -0.3 is 19.5 Å². The largest absolute Gasteiger partial charge is 0.490 e. The van der Waals surface area contributed by atoms with Crippen LogP contribution < -0.4 is 30.4 Å². The molecule has 12 heteroatoms. The van der Waals surface area contributed by atoms with Gasteiger partial charge in [-0.1, -0.05) is 0 Å². The summed E-state index contributed by atoms with van der Waals surface area (Å²) in [5.41, 5.74) is 5.01. The molecule has 1 fully saturated rings. The van der Waals surface area contributed by atoms with Crippen molar-refractivity contribution in [1.82, 2.24) is 20.9 Å².